The number of nitrogens with one attached hydrogen (secondary N) is 2. The smallest absolute Gasteiger partial charge is 0.240 e. The van der Waals surface area contributed by atoms with E-state index in [1.165, 1.54) is 17.8 Å². The number of benzene rings is 2. The number of carbonyl (C=O) groups excluding carboxylic acids is 3. The molecule has 4 N–H and O–H groups in total. The molecule has 11 nitrogen and oxygen atoms in total. The minimum Gasteiger partial charge on any atom is -0.396 e. The number of rotatable bonds is 9. The molecule has 1 saturated carbocycles. The van der Waals surface area contributed by atoms with Crippen molar-refractivity contribution in [3.8, 4) is 0 Å². The van der Waals surface area contributed by atoms with E-state index < -0.39 is 15.8 Å². The largest absolute Gasteiger partial charge is 0.396 e. The van der Waals surface area contributed by atoms with Gasteiger partial charge in [0, 0.05) is 56.8 Å². The molecule has 5 fully saturated rings. The van der Waals surface area contributed by atoms with E-state index in [-0.39, 0.29) is 40.3 Å². The Morgan fingerprint density at radius 2 is 1.45 bits per heavy atom. The highest BCUT2D eigenvalue weighted by atomic mass is 32.2. The Hall–Kier alpha value is -3.55. The van der Waals surface area contributed by atoms with Gasteiger partial charge in [0.1, 0.15) is 5.82 Å². The van der Waals surface area contributed by atoms with Crippen LogP contribution in [0.3, 0.4) is 0 Å². The lowest BCUT2D eigenvalue weighted by atomic mass is 9.77. The number of amides is 3. The van der Waals surface area contributed by atoms with Gasteiger partial charge in [-0.3, -0.25) is 19.7 Å². The van der Waals surface area contributed by atoms with Crippen LogP contribution in [0, 0.1) is 29.5 Å². The van der Waals surface area contributed by atoms with E-state index in [2.05, 4.69) is 36.9 Å². The maximum Gasteiger partial charge on any atom is 0.240 e. The van der Waals surface area contributed by atoms with Gasteiger partial charge >= 0.3 is 0 Å². The number of hydrogen-bond acceptors (Lipinski definition) is 8. The van der Waals surface area contributed by atoms with Gasteiger partial charge in [0.25, 0.3) is 0 Å². The van der Waals surface area contributed by atoms with E-state index in [0.717, 1.165) is 109 Å². The van der Waals surface area contributed by atoms with Gasteiger partial charge in [-0.2, -0.15) is 0 Å². The quantitative estimate of drug-likeness (QED) is 0.249. The first-order valence-corrected chi connectivity index (χ1v) is 21.3. The Kier molecular flexibility index (Phi) is 11.7. The van der Waals surface area contributed by atoms with Crippen LogP contribution in [0.25, 0.3) is 0 Å². The first-order chi connectivity index (χ1) is 25.5. The van der Waals surface area contributed by atoms with Crippen molar-refractivity contribution in [3.63, 3.8) is 0 Å². The van der Waals surface area contributed by atoms with E-state index in [9.17, 15) is 27.2 Å². The normalized spacial score (nSPS) is 26.1. The molecule has 1 unspecified atom stereocenters. The highest BCUT2D eigenvalue weighted by molar-refractivity contribution is 7.89. The topological polar surface area (TPSA) is 145 Å². The first-order valence-electron chi connectivity index (χ1n) is 19.8. The molecule has 3 amide bonds. The number of hydrogen-bond donors (Lipinski definition) is 3. The molecular weight excluding hydrogens is 696 g/mol. The number of carbonyl (C=O) groups is 3. The van der Waals surface area contributed by atoms with Crippen molar-refractivity contribution in [3.05, 3.63) is 53.8 Å². The third-order valence-corrected chi connectivity index (χ3v) is 14.4. The molecule has 4 heterocycles. The summed E-state index contributed by atoms with van der Waals surface area (Å²) in [4.78, 5) is 44.3. The highest BCUT2D eigenvalue weighted by Gasteiger charge is 2.36. The number of halogens is 1. The Balaban J connectivity index is 0.782. The number of sulfonamides is 1. The van der Waals surface area contributed by atoms with Crippen LogP contribution in [0.1, 0.15) is 88.5 Å². The van der Waals surface area contributed by atoms with Gasteiger partial charge in [-0.1, -0.05) is 12.1 Å². The molecule has 13 heteroatoms. The molecule has 288 valence electrons. The van der Waals surface area contributed by atoms with Gasteiger partial charge in [0.2, 0.25) is 27.7 Å². The second-order valence-corrected chi connectivity index (χ2v) is 17.9. The molecule has 0 spiro atoms. The summed E-state index contributed by atoms with van der Waals surface area (Å²) in [5.74, 6) is 1.05. The molecule has 53 heavy (non-hydrogen) atoms. The van der Waals surface area contributed by atoms with Crippen LogP contribution in [0.4, 0.5) is 15.8 Å². The van der Waals surface area contributed by atoms with Gasteiger partial charge < -0.3 is 20.4 Å². The first kappa shape index (κ1) is 37.8. The zero-order valence-corrected chi connectivity index (χ0v) is 31.5. The Bertz CT molecular complexity index is 1730. The lowest BCUT2D eigenvalue weighted by Crippen LogP contribution is -2.47. The average Bonchev–Trinajstić information content (AvgIpc) is 3.17. The summed E-state index contributed by atoms with van der Waals surface area (Å²) in [5.41, 5.74) is 7.59. The zero-order chi connectivity index (χ0) is 37.1. The van der Waals surface area contributed by atoms with Gasteiger partial charge in [0.15, 0.2) is 0 Å². The summed E-state index contributed by atoms with van der Waals surface area (Å²) in [5, 5.41) is 2.46. The molecule has 1 atom stereocenters. The number of nitrogens with zero attached hydrogens (tertiary/aromatic N) is 3. The van der Waals surface area contributed by atoms with Gasteiger partial charge in [-0.05, 0) is 137 Å². The number of nitrogen functional groups attached to an aromatic ring is 1. The van der Waals surface area contributed by atoms with E-state index in [4.69, 9.17) is 5.73 Å². The summed E-state index contributed by atoms with van der Waals surface area (Å²) in [7, 11) is -3.81. The van der Waals surface area contributed by atoms with Crippen molar-refractivity contribution in [2.45, 2.75) is 93.9 Å². The number of anilines is 2. The van der Waals surface area contributed by atoms with E-state index in [1.54, 1.807) is 0 Å². The summed E-state index contributed by atoms with van der Waals surface area (Å²) in [6.07, 6.45) is 10.9. The summed E-state index contributed by atoms with van der Waals surface area (Å²) >= 11 is 0. The van der Waals surface area contributed by atoms with Crippen molar-refractivity contribution in [2.75, 3.05) is 56.4 Å². The van der Waals surface area contributed by atoms with Crippen LogP contribution in [0.15, 0.2) is 47.4 Å². The third-order valence-electron chi connectivity index (χ3n) is 12.9. The van der Waals surface area contributed by atoms with Gasteiger partial charge in [0.05, 0.1) is 16.5 Å². The standard InChI is InChI=1S/C40H55FN6O5S/c41-36-25-34(9-11-37(36)42)53(51,52)44-32-17-19-45(20-18-32)26-27-1-3-31(4-2-27)40(50)47-23-15-29(16-24-47)28-13-21-46(22-14-28)33-7-5-30(6-8-33)35-10-12-38(48)43-39(35)49/h5-9,11,25,27-29,31-32,35,44H,1-4,10,12-24,26,42H2,(H,43,48,49). The Morgan fingerprint density at radius 3 is 2.08 bits per heavy atom. The predicted octanol–water partition coefficient (Wildman–Crippen LogP) is 4.63. The summed E-state index contributed by atoms with van der Waals surface area (Å²) in [6.45, 7) is 6.41. The van der Waals surface area contributed by atoms with Crippen molar-refractivity contribution in [2.24, 2.45) is 23.7 Å². The molecule has 7 rings (SSSR count). The lowest BCUT2D eigenvalue weighted by molar-refractivity contribution is -0.139. The van der Waals surface area contributed by atoms with Crippen molar-refractivity contribution >= 4 is 39.1 Å². The Morgan fingerprint density at radius 1 is 0.811 bits per heavy atom. The summed E-state index contributed by atoms with van der Waals surface area (Å²) < 4.78 is 42.2. The van der Waals surface area contributed by atoms with Gasteiger partial charge in [-0.25, -0.2) is 17.5 Å². The van der Waals surface area contributed by atoms with Crippen molar-refractivity contribution in [1.82, 2.24) is 19.8 Å². The number of imide groups is 1. The fourth-order valence-electron chi connectivity index (χ4n) is 9.56. The van der Waals surface area contributed by atoms with Crippen LogP contribution >= 0.6 is 0 Å². The number of piperidine rings is 4. The molecule has 1 aliphatic carbocycles. The second-order valence-electron chi connectivity index (χ2n) is 16.2. The lowest BCUT2D eigenvalue weighted by Gasteiger charge is -2.42. The van der Waals surface area contributed by atoms with Crippen LogP contribution in [-0.4, -0.2) is 87.8 Å². The van der Waals surface area contributed by atoms with Crippen molar-refractivity contribution < 1.29 is 27.2 Å². The minimum absolute atomic E-state index is 0.0734. The molecule has 4 aliphatic heterocycles. The zero-order valence-electron chi connectivity index (χ0n) is 30.7. The van der Waals surface area contributed by atoms with Crippen LogP contribution in [0.5, 0.6) is 0 Å². The fraction of sp³-hybridized carbons (Fsp3) is 0.625. The molecule has 0 aromatic heterocycles. The summed E-state index contributed by atoms with van der Waals surface area (Å²) in [6, 6.07) is 11.7. The molecular formula is C40H55FN6O5S. The number of likely N-dealkylation sites (tertiary alicyclic amines) is 2. The second kappa shape index (κ2) is 16.4. The SMILES string of the molecule is Nc1ccc(S(=O)(=O)NC2CCN(CC3CCC(C(=O)N4CCC(C5CCN(c6ccc(C7CCC(=O)NC7=O)cc6)CC5)CC4)CC3)CC2)cc1F. The van der Waals surface area contributed by atoms with E-state index in [0.29, 0.717) is 49.3 Å². The number of nitrogens with two attached hydrogens (primary N) is 1. The van der Waals surface area contributed by atoms with Gasteiger partial charge in [-0.15, -0.1) is 0 Å². The molecule has 2 aromatic carbocycles. The molecule has 5 aliphatic rings. The van der Waals surface area contributed by atoms with Crippen LogP contribution in [-0.2, 0) is 24.4 Å². The molecule has 2 aromatic rings. The van der Waals surface area contributed by atoms with Crippen molar-refractivity contribution in [1.29, 1.82) is 0 Å². The highest BCUT2D eigenvalue weighted by Crippen LogP contribution is 2.37. The monoisotopic (exact) mass is 750 g/mol. The molecule has 4 saturated heterocycles. The van der Waals surface area contributed by atoms with Crippen LogP contribution in [0.2, 0.25) is 0 Å². The minimum atomic E-state index is -3.81. The maximum atomic E-state index is 13.9. The fourth-order valence-corrected chi connectivity index (χ4v) is 10.9. The third kappa shape index (κ3) is 9.05. The van der Waals surface area contributed by atoms with Crippen LogP contribution < -0.4 is 20.7 Å². The maximum absolute atomic E-state index is 13.9. The molecule has 0 bridgehead atoms. The van der Waals surface area contributed by atoms with E-state index >= 15 is 0 Å². The predicted molar refractivity (Wildman–Crippen MR) is 202 cm³/mol. The average molecular weight is 751 g/mol. The van der Waals surface area contributed by atoms with E-state index in [1.807, 2.05) is 12.1 Å². The molecule has 0 radical (unpaired) electrons. The Labute approximate surface area is 313 Å².